The molecule has 2 atom stereocenters. The van der Waals surface area contributed by atoms with E-state index in [2.05, 4.69) is 5.32 Å². The summed E-state index contributed by atoms with van der Waals surface area (Å²) >= 11 is 0. The Bertz CT molecular complexity index is 778. The number of amides is 2. The van der Waals surface area contributed by atoms with E-state index in [0.717, 1.165) is 18.4 Å². The van der Waals surface area contributed by atoms with Crippen molar-refractivity contribution in [3.63, 3.8) is 0 Å². The second-order valence-electron chi connectivity index (χ2n) is 7.73. The van der Waals surface area contributed by atoms with Crippen LogP contribution < -0.4 is 5.32 Å². The number of benzene rings is 1. The number of hydrogen-bond donors (Lipinski definition) is 1. The first-order valence-electron chi connectivity index (χ1n) is 9.11. The lowest BCUT2D eigenvalue weighted by molar-refractivity contribution is -0.135. The molecule has 0 unspecified atom stereocenters. The van der Waals surface area contributed by atoms with E-state index in [-0.39, 0.29) is 29.2 Å². The van der Waals surface area contributed by atoms with E-state index in [1.54, 1.807) is 11.8 Å². The standard InChI is InChI=1S/C19H26N2O4S/c1-19(9-11-26(24,25)14-19)20-18(23)16-8-5-10-21(13-16)17(22)12-15-6-3-2-4-7-15/h2-4,6-7,16H,5,8-14H2,1H3,(H,20,23)/t16-,19+/m0/s1. The topological polar surface area (TPSA) is 83.6 Å². The summed E-state index contributed by atoms with van der Waals surface area (Å²) in [4.78, 5) is 27.0. The zero-order chi connectivity index (χ0) is 18.8. The molecule has 7 heteroatoms. The molecular formula is C19H26N2O4S. The third-order valence-corrected chi connectivity index (χ3v) is 7.17. The Morgan fingerprint density at radius 2 is 2.00 bits per heavy atom. The van der Waals surface area contributed by atoms with Gasteiger partial charge in [0.25, 0.3) is 0 Å². The van der Waals surface area contributed by atoms with Gasteiger partial charge in [-0.15, -0.1) is 0 Å². The van der Waals surface area contributed by atoms with Crippen molar-refractivity contribution < 1.29 is 18.0 Å². The Balaban J connectivity index is 1.57. The maximum atomic E-state index is 12.7. The van der Waals surface area contributed by atoms with E-state index in [1.165, 1.54) is 0 Å². The second-order valence-corrected chi connectivity index (χ2v) is 9.92. The van der Waals surface area contributed by atoms with Crippen molar-refractivity contribution in [2.45, 2.75) is 38.1 Å². The molecule has 2 saturated heterocycles. The van der Waals surface area contributed by atoms with Crippen molar-refractivity contribution in [3.05, 3.63) is 35.9 Å². The number of carbonyl (C=O) groups is 2. The van der Waals surface area contributed by atoms with Crippen LogP contribution in [0.3, 0.4) is 0 Å². The lowest BCUT2D eigenvalue weighted by atomic mass is 9.94. The van der Waals surface area contributed by atoms with Crippen LogP contribution in [0.15, 0.2) is 30.3 Å². The highest BCUT2D eigenvalue weighted by Crippen LogP contribution is 2.25. The van der Waals surface area contributed by atoms with Gasteiger partial charge in [0.1, 0.15) is 0 Å². The molecule has 0 radical (unpaired) electrons. The fourth-order valence-electron chi connectivity index (χ4n) is 3.81. The minimum atomic E-state index is -3.07. The second kappa shape index (κ2) is 7.39. The summed E-state index contributed by atoms with van der Waals surface area (Å²) in [5.74, 6) is -0.264. The highest BCUT2D eigenvalue weighted by molar-refractivity contribution is 7.91. The number of sulfone groups is 1. The average Bonchev–Trinajstić information content (AvgIpc) is 2.88. The predicted molar refractivity (Wildman–Crippen MR) is 99.3 cm³/mol. The minimum absolute atomic E-state index is 0.00485. The number of likely N-dealkylation sites (tertiary alicyclic amines) is 1. The Hall–Kier alpha value is -1.89. The molecule has 0 bridgehead atoms. The van der Waals surface area contributed by atoms with Crippen molar-refractivity contribution in [1.29, 1.82) is 0 Å². The molecule has 142 valence electrons. The lowest BCUT2D eigenvalue weighted by Crippen LogP contribution is -2.52. The van der Waals surface area contributed by atoms with Crippen molar-refractivity contribution in [1.82, 2.24) is 10.2 Å². The number of rotatable bonds is 4. The van der Waals surface area contributed by atoms with Crippen molar-refractivity contribution in [2.24, 2.45) is 5.92 Å². The molecule has 0 spiro atoms. The van der Waals surface area contributed by atoms with E-state index in [9.17, 15) is 18.0 Å². The van der Waals surface area contributed by atoms with Crippen LogP contribution in [0.1, 0.15) is 31.7 Å². The minimum Gasteiger partial charge on any atom is -0.350 e. The molecule has 1 N–H and O–H groups in total. The van der Waals surface area contributed by atoms with Crippen molar-refractivity contribution in [2.75, 3.05) is 24.6 Å². The van der Waals surface area contributed by atoms with Crippen molar-refractivity contribution >= 4 is 21.7 Å². The van der Waals surface area contributed by atoms with Crippen LogP contribution in [-0.2, 0) is 25.8 Å². The molecule has 2 aliphatic heterocycles. The highest BCUT2D eigenvalue weighted by atomic mass is 32.2. The summed E-state index contributed by atoms with van der Waals surface area (Å²) in [5, 5.41) is 2.93. The van der Waals surface area contributed by atoms with Gasteiger partial charge >= 0.3 is 0 Å². The molecule has 6 nitrogen and oxygen atoms in total. The first-order chi connectivity index (χ1) is 12.3. The normalized spacial score (nSPS) is 27.9. The third-order valence-electron chi connectivity index (χ3n) is 5.27. The van der Waals surface area contributed by atoms with E-state index in [1.807, 2.05) is 30.3 Å². The van der Waals surface area contributed by atoms with Crippen LogP contribution in [0, 0.1) is 5.92 Å². The van der Waals surface area contributed by atoms with Gasteiger partial charge in [0.2, 0.25) is 11.8 Å². The first-order valence-corrected chi connectivity index (χ1v) is 10.9. The molecular weight excluding hydrogens is 352 g/mol. The quantitative estimate of drug-likeness (QED) is 0.852. The van der Waals surface area contributed by atoms with Gasteiger partial charge in [-0.3, -0.25) is 9.59 Å². The predicted octanol–water partition coefficient (Wildman–Crippen LogP) is 1.16. The first kappa shape index (κ1) is 18.9. The van der Waals surface area contributed by atoms with Crippen LogP contribution in [0.5, 0.6) is 0 Å². The van der Waals surface area contributed by atoms with Crippen LogP contribution in [-0.4, -0.2) is 55.3 Å². The average molecular weight is 378 g/mol. The van der Waals surface area contributed by atoms with Crippen LogP contribution in [0.2, 0.25) is 0 Å². The molecule has 3 rings (SSSR count). The molecule has 0 aliphatic carbocycles. The summed E-state index contributed by atoms with van der Waals surface area (Å²) in [7, 11) is -3.07. The molecule has 0 saturated carbocycles. The number of nitrogens with zero attached hydrogens (tertiary/aromatic N) is 1. The van der Waals surface area contributed by atoms with Gasteiger partial charge in [0.05, 0.1) is 29.4 Å². The Morgan fingerprint density at radius 1 is 1.27 bits per heavy atom. The molecule has 0 aromatic heterocycles. The fraction of sp³-hybridized carbons (Fsp3) is 0.579. The molecule has 2 heterocycles. The Kier molecular flexibility index (Phi) is 5.37. The highest BCUT2D eigenvalue weighted by Gasteiger charge is 2.41. The summed E-state index contributed by atoms with van der Waals surface area (Å²) in [6, 6.07) is 9.58. The van der Waals surface area contributed by atoms with Gasteiger partial charge in [-0.2, -0.15) is 0 Å². The van der Waals surface area contributed by atoms with E-state index >= 15 is 0 Å². The molecule has 2 amide bonds. The zero-order valence-electron chi connectivity index (χ0n) is 15.1. The smallest absolute Gasteiger partial charge is 0.227 e. The number of carbonyl (C=O) groups excluding carboxylic acids is 2. The molecule has 2 aliphatic rings. The van der Waals surface area contributed by atoms with Gasteiger partial charge in [-0.25, -0.2) is 8.42 Å². The third kappa shape index (κ3) is 4.63. The monoisotopic (exact) mass is 378 g/mol. The summed E-state index contributed by atoms with van der Waals surface area (Å²) < 4.78 is 23.4. The van der Waals surface area contributed by atoms with Gasteiger partial charge in [-0.1, -0.05) is 30.3 Å². The number of hydrogen-bond acceptors (Lipinski definition) is 4. The SMILES string of the molecule is C[C@@]1(NC(=O)[C@H]2CCCN(C(=O)Cc3ccccc3)C2)CCS(=O)(=O)C1. The summed E-state index contributed by atoms with van der Waals surface area (Å²) in [5.41, 5.74) is 0.277. The summed E-state index contributed by atoms with van der Waals surface area (Å²) in [6.07, 6.45) is 2.30. The number of nitrogens with one attached hydrogen (secondary N) is 1. The molecule has 1 aromatic rings. The Labute approximate surface area is 154 Å². The van der Waals surface area contributed by atoms with Gasteiger partial charge in [0.15, 0.2) is 9.84 Å². The summed E-state index contributed by atoms with van der Waals surface area (Å²) in [6.45, 7) is 2.86. The van der Waals surface area contributed by atoms with Gasteiger partial charge in [-0.05, 0) is 31.7 Å². The fourth-order valence-corrected chi connectivity index (χ4v) is 5.90. The lowest BCUT2D eigenvalue weighted by Gasteiger charge is -2.34. The van der Waals surface area contributed by atoms with E-state index in [4.69, 9.17) is 0 Å². The van der Waals surface area contributed by atoms with Gasteiger partial charge < -0.3 is 10.2 Å². The molecule has 2 fully saturated rings. The molecule has 26 heavy (non-hydrogen) atoms. The maximum absolute atomic E-state index is 12.7. The van der Waals surface area contributed by atoms with Crippen LogP contribution in [0.25, 0.3) is 0 Å². The maximum Gasteiger partial charge on any atom is 0.227 e. The molecule has 1 aromatic carbocycles. The van der Waals surface area contributed by atoms with E-state index < -0.39 is 15.4 Å². The largest absolute Gasteiger partial charge is 0.350 e. The van der Waals surface area contributed by atoms with Crippen molar-refractivity contribution in [3.8, 4) is 0 Å². The number of piperidine rings is 1. The van der Waals surface area contributed by atoms with Crippen LogP contribution >= 0.6 is 0 Å². The Morgan fingerprint density at radius 3 is 2.65 bits per heavy atom. The zero-order valence-corrected chi connectivity index (χ0v) is 15.9. The van der Waals surface area contributed by atoms with E-state index in [0.29, 0.717) is 25.9 Å². The van der Waals surface area contributed by atoms with Crippen LogP contribution in [0.4, 0.5) is 0 Å². The van der Waals surface area contributed by atoms with Gasteiger partial charge in [0, 0.05) is 13.1 Å².